The van der Waals surface area contributed by atoms with Crippen LogP contribution in [0, 0.1) is 11.8 Å². The lowest BCUT2D eigenvalue weighted by Gasteiger charge is -2.20. The fourth-order valence-electron chi connectivity index (χ4n) is 3.14. The van der Waals surface area contributed by atoms with E-state index in [1.807, 2.05) is 0 Å². The molecular formula is C14H24N2O3S. The Bertz CT molecular complexity index is 565. The molecular weight excluding hydrogens is 276 g/mol. The summed E-state index contributed by atoms with van der Waals surface area (Å²) in [7, 11) is -1.77. The Kier molecular flexibility index (Phi) is 4.56. The molecule has 1 saturated carbocycles. The Morgan fingerprint density at radius 2 is 2.15 bits per heavy atom. The number of aliphatic hydroxyl groups excluding tert-OH is 1. The summed E-state index contributed by atoms with van der Waals surface area (Å²) in [6.45, 7) is 4.12. The molecule has 1 aliphatic rings. The second kappa shape index (κ2) is 5.87. The van der Waals surface area contributed by atoms with Gasteiger partial charge in [0.05, 0.1) is 11.5 Å². The second-order valence-corrected chi connectivity index (χ2v) is 7.48. The topological polar surface area (TPSA) is 71.3 Å². The molecule has 6 heteroatoms. The summed E-state index contributed by atoms with van der Waals surface area (Å²) >= 11 is 0. The summed E-state index contributed by atoms with van der Waals surface area (Å²) in [5.41, 5.74) is 0.594. The Balaban J connectivity index is 2.15. The van der Waals surface area contributed by atoms with Crippen LogP contribution in [-0.4, -0.2) is 24.1 Å². The van der Waals surface area contributed by atoms with Gasteiger partial charge in [-0.3, -0.25) is 0 Å². The molecule has 1 aromatic rings. The Labute approximate surface area is 121 Å². The highest BCUT2D eigenvalue weighted by Gasteiger charge is 2.34. The van der Waals surface area contributed by atoms with Crippen molar-refractivity contribution in [3.8, 4) is 0 Å². The normalized spacial score (nSPS) is 27.1. The summed E-state index contributed by atoms with van der Waals surface area (Å²) in [5, 5.41) is 9.15. The maximum Gasteiger partial charge on any atom is 0.242 e. The summed E-state index contributed by atoms with van der Waals surface area (Å²) in [6.07, 6.45) is 4.63. The van der Waals surface area contributed by atoms with Crippen LogP contribution in [0.5, 0.6) is 0 Å². The van der Waals surface area contributed by atoms with Gasteiger partial charge in [0.2, 0.25) is 10.0 Å². The number of sulfonamides is 1. The summed E-state index contributed by atoms with van der Waals surface area (Å²) in [5.74, 6) is 0.974. The fraction of sp³-hybridized carbons (Fsp3) is 0.714. The molecule has 0 aromatic carbocycles. The molecule has 0 radical (unpaired) electrons. The molecule has 114 valence electrons. The van der Waals surface area contributed by atoms with Gasteiger partial charge in [-0.1, -0.05) is 20.3 Å². The molecule has 3 unspecified atom stereocenters. The zero-order valence-electron chi connectivity index (χ0n) is 12.3. The van der Waals surface area contributed by atoms with Crippen LogP contribution in [0.25, 0.3) is 0 Å². The minimum absolute atomic E-state index is 0.0164. The Morgan fingerprint density at radius 3 is 2.65 bits per heavy atom. The van der Waals surface area contributed by atoms with E-state index in [-0.39, 0.29) is 17.5 Å². The van der Waals surface area contributed by atoms with E-state index in [9.17, 15) is 8.42 Å². The number of rotatable bonds is 5. The van der Waals surface area contributed by atoms with Crippen molar-refractivity contribution >= 4 is 10.0 Å². The lowest BCUT2D eigenvalue weighted by atomic mass is 9.94. The van der Waals surface area contributed by atoms with Crippen LogP contribution in [0.3, 0.4) is 0 Å². The third-order valence-electron chi connectivity index (χ3n) is 4.61. The van der Waals surface area contributed by atoms with E-state index in [2.05, 4.69) is 18.6 Å². The number of aryl methyl sites for hydroxylation is 1. The van der Waals surface area contributed by atoms with E-state index >= 15 is 0 Å². The summed E-state index contributed by atoms with van der Waals surface area (Å²) in [4.78, 5) is 0.233. The van der Waals surface area contributed by atoms with Gasteiger partial charge in [-0.05, 0) is 30.7 Å². The largest absolute Gasteiger partial charge is 0.390 e. The number of aromatic nitrogens is 1. The Morgan fingerprint density at radius 1 is 1.45 bits per heavy atom. The third kappa shape index (κ3) is 2.92. The van der Waals surface area contributed by atoms with E-state index < -0.39 is 10.0 Å². The minimum atomic E-state index is -3.50. The summed E-state index contributed by atoms with van der Waals surface area (Å²) in [6, 6.07) is 1.54. The smallest absolute Gasteiger partial charge is 0.242 e. The third-order valence-corrected chi connectivity index (χ3v) is 6.07. The van der Waals surface area contributed by atoms with E-state index in [1.165, 1.54) is 6.07 Å². The Hall–Kier alpha value is -0.850. The molecule has 0 bridgehead atoms. The monoisotopic (exact) mass is 300 g/mol. The van der Waals surface area contributed by atoms with Crippen molar-refractivity contribution in [3.63, 3.8) is 0 Å². The van der Waals surface area contributed by atoms with Crippen molar-refractivity contribution in [1.29, 1.82) is 0 Å². The first-order chi connectivity index (χ1) is 9.39. The molecule has 20 heavy (non-hydrogen) atoms. The standard InChI is InChI=1S/C14H24N2O3S/c1-4-11-5-6-14(10(11)2)15-20(18,19)13-7-12(9-17)16(3)8-13/h7-8,10-11,14-15,17H,4-6,9H2,1-3H3. The highest BCUT2D eigenvalue weighted by atomic mass is 32.2. The lowest BCUT2D eigenvalue weighted by Crippen LogP contribution is -2.37. The van der Waals surface area contributed by atoms with E-state index in [1.54, 1.807) is 17.8 Å². The predicted octanol–water partition coefficient (Wildman–Crippen LogP) is 1.62. The minimum Gasteiger partial charge on any atom is -0.390 e. The highest BCUT2D eigenvalue weighted by Crippen LogP contribution is 2.34. The zero-order valence-corrected chi connectivity index (χ0v) is 13.2. The van der Waals surface area contributed by atoms with Gasteiger partial charge >= 0.3 is 0 Å². The van der Waals surface area contributed by atoms with Gasteiger partial charge in [-0.25, -0.2) is 13.1 Å². The summed E-state index contributed by atoms with van der Waals surface area (Å²) < 4.78 is 29.3. The highest BCUT2D eigenvalue weighted by molar-refractivity contribution is 7.89. The number of hydrogen-bond acceptors (Lipinski definition) is 3. The molecule has 0 saturated heterocycles. The van der Waals surface area contributed by atoms with Gasteiger partial charge in [0, 0.05) is 25.0 Å². The molecule has 1 fully saturated rings. The van der Waals surface area contributed by atoms with Crippen molar-refractivity contribution in [2.75, 3.05) is 0 Å². The average molecular weight is 300 g/mol. The van der Waals surface area contributed by atoms with E-state index in [0.29, 0.717) is 17.5 Å². The van der Waals surface area contributed by atoms with Crippen molar-refractivity contribution in [2.24, 2.45) is 18.9 Å². The average Bonchev–Trinajstić information content (AvgIpc) is 2.94. The van der Waals surface area contributed by atoms with Crippen LogP contribution in [0.4, 0.5) is 0 Å². The number of nitrogens with zero attached hydrogens (tertiary/aromatic N) is 1. The molecule has 1 heterocycles. The van der Waals surface area contributed by atoms with Crippen molar-refractivity contribution in [1.82, 2.24) is 9.29 Å². The first-order valence-corrected chi connectivity index (χ1v) is 8.65. The van der Waals surface area contributed by atoms with Gasteiger partial charge < -0.3 is 9.67 Å². The van der Waals surface area contributed by atoms with Crippen molar-refractivity contribution in [2.45, 2.75) is 50.7 Å². The van der Waals surface area contributed by atoms with Crippen LogP contribution in [0.1, 0.15) is 38.8 Å². The number of nitrogens with one attached hydrogen (secondary N) is 1. The van der Waals surface area contributed by atoms with Crippen molar-refractivity contribution in [3.05, 3.63) is 18.0 Å². The number of aliphatic hydroxyl groups is 1. The molecule has 2 rings (SSSR count). The molecule has 1 aromatic heterocycles. The fourth-order valence-corrected chi connectivity index (χ4v) is 4.59. The van der Waals surface area contributed by atoms with Gasteiger partial charge in [0.25, 0.3) is 0 Å². The van der Waals surface area contributed by atoms with Crippen LogP contribution >= 0.6 is 0 Å². The zero-order chi connectivity index (χ0) is 14.9. The molecule has 0 amide bonds. The van der Waals surface area contributed by atoms with Crippen LogP contribution in [0.15, 0.2) is 17.2 Å². The van der Waals surface area contributed by atoms with E-state index in [0.717, 1.165) is 19.3 Å². The molecule has 1 aliphatic carbocycles. The predicted molar refractivity (Wildman–Crippen MR) is 77.6 cm³/mol. The second-order valence-electron chi connectivity index (χ2n) is 5.77. The molecule has 5 nitrogen and oxygen atoms in total. The molecule has 0 aliphatic heterocycles. The maximum absolute atomic E-state index is 12.4. The number of hydrogen-bond donors (Lipinski definition) is 2. The van der Waals surface area contributed by atoms with E-state index in [4.69, 9.17) is 5.11 Å². The maximum atomic E-state index is 12.4. The van der Waals surface area contributed by atoms with Gasteiger partial charge in [0.1, 0.15) is 0 Å². The van der Waals surface area contributed by atoms with Crippen molar-refractivity contribution < 1.29 is 13.5 Å². The van der Waals surface area contributed by atoms with Crippen LogP contribution in [-0.2, 0) is 23.7 Å². The first kappa shape index (κ1) is 15.5. The molecule has 2 N–H and O–H groups in total. The molecule has 0 spiro atoms. The SMILES string of the molecule is CCC1CCC(NS(=O)(=O)c2cc(CO)n(C)c2)C1C. The van der Waals surface area contributed by atoms with Crippen LogP contribution < -0.4 is 4.72 Å². The lowest BCUT2D eigenvalue weighted by molar-refractivity contribution is 0.272. The molecule has 3 atom stereocenters. The van der Waals surface area contributed by atoms with Gasteiger partial charge in [-0.2, -0.15) is 0 Å². The van der Waals surface area contributed by atoms with Crippen LogP contribution in [0.2, 0.25) is 0 Å². The van der Waals surface area contributed by atoms with Gasteiger partial charge in [0.15, 0.2) is 0 Å². The van der Waals surface area contributed by atoms with Gasteiger partial charge in [-0.15, -0.1) is 0 Å². The first-order valence-electron chi connectivity index (χ1n) is 7.17. The quantitative estimate of drug-likeness (QED) is 0.868.